The largest absolute Gasteiger partial charge is 0.478 e. The van der Waals surface area contributed by atoms with Crippen molar-refractivity contribution in [3.8, 4) is 0 Å². The molecule has 0 atom stereocenters. The number of rotatable bonds is 17. The number of carboxylic acid groups (broad SMARTS) is 1. The van der Waals surface area contributed by atoms with E-state index in [1.54, 1.807) is 6.08 Å². The number of carbonyl (C=O) groups is 1. The van der Waals surface area contributed by atoms with Crippen molar-refractivity contribution in [1.82, 2.24) is 0 Å². The average Bonchev–Trinajstić information content (AvgIpc) is 2.64. The Morgan fingerprint density at radius 3 is 1.62 bits per heavy atom. The summed E-state index contributed by atoms with van der Waals surface area (Å²) in [4.78, 5) is 10.2. The second kappa shape index (κ2) is 26.1. The SMILES string of the molecule is CCCCCCCCCCCCCCCC=CC=CC(=O)O.NCCO. The van der Waals surface area contributed by atoms with Crippen molar-refractivity contribution in [3.63, 3.8) is 0 Å². The van der Waals surface area contributed by atoms with Crippen LogP contribution in [0.3, 0.4) is 0 Å². The zero-order valence-corrected chi connectivity index (χ0v) is 17.0. The highest BCUT2D eigenvalue weighted by atomic mass is 16.4. The number of aliphatic carboxylic acids is 1. The summed E-state index contributed by atoms with van der Waals surface area (Å²) in [5.41, 5.74) is 4.78. The standard InChI is InChI=1S/C20H36O2.C2H7NO/c1-2-3-4-5-6-7-8-9-10-11-12-13-14-15-16-17-18-19-20(21)22;3-1-2-4/h16-19H,2-15H2,1H3,(H,21,22);4H,1-3H2. The first-order valence-corrected chi connectivity index (χ1v) is 10.6. The molecule has 154 valence electrons. The quantitative estimate of drug-likeness (QED) is 0.177. The molecule has 26 heavy (non-hydrogen) atoms. The smallest absolute Gasteiger partial charge is 0.328 e. The van der Waals surface area contributed by atoms with E-state index in [4.69, 9.17) is 15.9 Å². The number of carboxylic acids is 1. The summed E-state index contributed by atoms with van der Waals surface area (Å²) in [5.74, 6) is -0.884. The van der Waals surface area contributed by atoms with Gasteiger partial charge in [-0.15, -0.1) is 0 Å². The minimum atomic E-state index is -0.884. The van der Waals surface area contributed by atoms with Crippen LogP contribution in [0.2, 0.25) is 0 Å². The van der Waals surface area contributed by atoms with Crippen LogP contribution in [-0.4, -0.2) is 29.3 Å². The molecule has 0 bridgehead atoms. The van der Waals surface area contributed by atoms with Crippen LogP contribution in [0.5, 0.6) is 0 Å². The Labute approximate surface area is 161 Å². The summed E-state index contributed by atoms with van der Waals surface area (Å²) in [6, 6.07) is 0. The van der Waals surface area contributed by atoms with Gasteiger partial charge in [-0.2, -0.15) is 0 Å². The van der Waals surface area contributed by atoms with Crippen molar-refractivity contribution in [1.29, 1.82) is 0 Å². The predicted octanol–water partition coefficient (Wildman–Crippen LogP) is 5.60. The van der Waals surface area contributed by atoms with Crippen molar-refractivity contribution in [2.75, 3.05) is 13.2 Å². The molecular weight excluding hydrogens is 326 g/mol. The van der Waals surface area contributed by atoms with Crippen LogP contribution in [0.4, 0.5) is 0 Å². The molecule has 0 saturated heterocycles. The minimum absolute atomic E-state index is 0.0972. The van der Waals surface area contributed by atoms with Gasteiger partial charge in [-0.3, -0.25) is 0 Å². The van der Waals surface area contributed by atoms with Crippen molar-refractivity contribution < 1.29 is 15.0 Å². The molecule has 4 heteroatoms. The van der Waals surface area contributed by atoms with E-state index < -0.39 is 5.97 Å². The Morgan fingerprint density at radius 2 is 1.23 bits per heavy atom. The lowest BCUT2D eigenvalue weighted by Gasteiger charge is -2.02. The van der Waals surface area contributed by atoms with Gasteiger partial charge in [0.15, 0.2) is 0 Å². The first-order valence-electron chi connectivity index (χ1n) is 10.6. The fraction of sp³-hybridized carbons (Fsp3) is 0.773. The van der Waals surface area contributed by atoms with E-state index in [0.29, 0.717) is 6.54 Å². The Hall–Kier alpha value is -1.13. The lowest BCUT2D eigenvalue weighted by atomic mass is 10.0. The fourth-order valence-corrected chi connectivity index (χ4v) is 2.59. The number of aliphatic hydroxyl groups excluding tert-OH is 1. The predicted molar refractivity (Wildman–Crippen MR) is 112 cm³/mol. The second-order valence-corrected chi connectivity index (χ2v) is 6.67. The molecule has 0 rings (SSSR count). The molecular formula is C22H43NO3. The third-order valence-electron chi connectivity index (χ3n) is 4.09. The maximum Gasteiger partial charge on any atom is 0.328 e. The molecule has 0 heterocycles. The normalized spacial score (nSPS) is 11.0. The zero-order valence-electron chi connectivity index (χ0n) is 17.0. The Bertz CT molecular complexity index is 325. The average molecular weight is 370 g/mol. The van der Waals surface area contributed by atoms with Gasteiger partial charge in [0.25, 0.3) is 0 Å². The van der Waals surface area contributed by atoms with E-state index in [1.165, 1.54) is 89.5 Å². The third kappa shape index (κ3) is 30.7. The third-order valence-corrected chi connectivity index (χ3v) is 4.09. The van der Waals surface area contributed by atoms with Crippen LogP contribution in [-0.2, 0) is 4.79 Å². The number of aliphatic hydroxyl groups is 1. The maximum absolute atomic E-state index is 10.2. The number of allylic oxidation sites excluding steroid dienone is 3. The lowest BCUT2D eigenvalue weighted by molar-refractivity contribution is -0.131. The Kier molecular flexibility index (Phi) is 27.2. The molecule has 0 radical (unpaired) electrons. The molecule has 4 N–H and O–H groups in total. The topological polar surface area (TPSA) is 83.5 Å². The van der Waals surface area contributed by atoms with Crippen LogP contribution in [0.25, 0.3) is 0 Å². The summed E-state index contributed by atoms with van der Waals surface area (Å²) in [5, 5.41) is 16.2. The van der Waals surface area contributed by atoms with Crippen molar-refractivity contribution in [3.05, 3.63) is 24.3 Å². The van der Waals surface area contributed by atoms with Gasteiger partial charge in [0.2, 0.25) is 0 Å². The summed E-state index contributed by atoms with van der Waals surface area (Å²) in [6.45, 7) is 2.74. The lowest BCUT2D eigenvalue weighted by Crippen LogP contribution is -2.02. The van der Waals surface area contributed by atoms with Crippen LogP contribution >= 0.6 is 0 Å². The highest BCUT2D eigenvalue weighted by molar-refractivity contribution is 5.80. The van der Waals surface area contributed by atoms with E-state index in [0.717, 1.165) is 6.42 Å². The van der Waals surface area contributed by atoms with Gasteiger partial charge in [0.1, 0.15) is 0 Å². The van der Waals surface area contributed by atoms with Gasteiger partial charge < -0.3 is 15.9 Å². The molecule has 0 aliphatic carbocycles. The molecule has 0 spiro atoms. The molecule has 0 aromatic carbocycles. The molecule has 4 nitrogen and oxygen atoms in total. The first kappa shape index (κ1) is 27.1. The van der Waals surface area contributed by atoms with E-state index >= 15 is 0 Å². The summed E-state index contributed by atoms with van der Waals surface area (Å²) in [7, 11) is 0. The number of unbranched alkanes of at least 4 members (excludes halogenated alkanes) is 13. The summed E-state index contributed by atoms with van der Waals surface area (Å²) in [6.07, 6.45) is 25.6. The second-order valence-electron chi connectivity index (χ2n) is 6.67. The van der Waals surface area contributed by atoms with Gasteiger partial charge in [-0.05, 0) is 12.8 Å². The number of hydrogen-bond donors (Lipinski definition) is 3. The number of hydrogen-bond acceptors (Lipinski definition) is 3. The van der Waals surface area contributed by atoms with Gasteiger partial charge in [0.05, 0.1) is 6.61 Å². The van der Waals surface area contributed by atoms with E-state index in [-0.39, 0.29) is 6.61 Å². The molecule has 0 aromatic heterocycles. The molecule has 0 unspecified atom stereocenters. The van der Waals surface area contributed by atoms with Crippen LogP contribution in [0.1, 0.15) is 96.8 Å². The van der Waals surface area contributed by atoms with Crippen LogP contribution in [0.15, 0.2) is 24.3 Å². The summed E-state index contributed by atoms with van der Waals surface area (Å²) >= 11 is 0. The molecule has 0 aliphatic heterocycles. The highest BCUT2D eigenvalue weighted by Gasteiger charge is 1.93. The maximum atomic E-state index is 10.2. The van der Waals surface area contributed by atoms with E-state index in [9.17, 15) is 4.79 Å². The fourth-order valence-electron chi connectivity index (χ4n) is 2.59. The Morgan fingerprint density at radius 1 is 0.808 bits per heavy atom. The van der Waals surface area contributed by atoms with Crippen LogP contribution in [0, 0.1) is 0 Å². The zero-order chi connectivity index (χ0) is 19.7. The van der Waals surface area contributed by atoms with E-state index in [2.05, 4.69) is 13.0 Å². The number of nitrogens with two attached hydrogens (primary N) is 1. The van der Waals surface area contributed by atoms with Crippen molar-refractivity contribution in [2.45, 2.75) is 96.8 Å². The van der Waals surface area contributed by atoms with Crippen molar-refractivity contribution >= 4 is 5.97 Å². The summed E-state index contributed by atoms with van der Waals surface area (Å²) < 4.78 is 0. The minimum Gasteiger partial charge on any atom is -0.478 e. The van der Waals surface area contributed by atoms with Gasteiger partial charge in [0, 0.05) is 12.6 Å². The Balaban J connectivity index is 0. The molecule has 0 aromatic rings. The molecule has 0 fully saturated rings. The molecule has 0 aliphatic rings. The van der Waals surface area contributed by atoms with Crippen LogP contribution < -0.4 is 5.73 Å². The molecule has 0 saturated carbocycles. The first-order chi connectivity index (χ1) is 12.7. The highest BCUT2D eigenvalue weighted by Crippen LogP contribution is 2.12. The van der Waals surface area contributed by atoms with Gasteiger partial charge in [-0.25, -0.2) is 4.79 Å². The van der Waals surface area contributed by atoms with Gasteiger partial charge in [-0.1, -0.05) is 102 Å². The molecule has 0 amide bonds. The van der Waals surface area contributed by atoms with E-state index in [1.807, 2.05) is 6.08 Å². The monoisotopic (exact) mass is 369 g/mol. The van der Waals surface area contributed by atoms with Crippen molar-refractivity contribution in [2.24, 2.45) is 5.73 Å². The van der Waals surface area contributed by atoms with Gasteiger partial charge >= 0.3 is 5.97 Å².